The van der Waals surface area contributed by atoms with Crippen LogP contribution in [0.4, 0.5) is 4.79 Å². The van der Waals surface area contributed by atoms with Gasteiger partial charge >= 0.3 is 0 Å². The highest BCUT2D eigenvalue weighted by molar-refractivity contribution is 8.27. The van der Waals surface area contributed by atoms with Gasteiger partial charge in [0.15, 0.2) is 5.78 Å². The van der Waals surface area contributed by atoms with E-state index in [1.165, 1.54) is 11.5 Å². The first-order valence-electron chi connectivity index (χ1n) is 17.6. The van der Waals surface area contributed by atoms with Gasteiger partial charge in [0.2, 0.25) is 23.6 Å². The van der Waals surface area contributed by atoms with E-state index >= 15 is 0 Å². The third-order valence-corrected chi connectivity index (χ3v) is 11.1. The zero-order valence-electron chi connectivity index (χ0n) is 31.0. The fraction of sp³-hybridized carbons (Fsp3) is 0.472. The summed E-state index contributed by atoms with van der Waals surface area (Å²) in [6.45, 7) is 7.66. The lowest BCUT2D eigenvalue weighted by molar-refractivity contribution is -0.131. The molecule has 2 rings (SSSR count). The van der Waals surface area contributed by atoms with Crippen molar-refractivity contribution in [3.63, 3.8) is 0 Å². The predicted octanol–water partition coefficient (Wildman–Crippen LogP) is 0.300. The Balaban J connectivity index is 2.08. The normalized spacial score (nSPS) is 12.9. The molecule has 0 spiro atoms. The number of ketones is 1. The molecule has 0 aliphatic carbocycles. The number of carbonyl (C=O) groups is 6. The van der Waals surface area contributed by atoms with Crippen molar-refractivity contribution < 1.29 is 38.2 Å². The minimum absolute atomic E-state index is 0.0502. The summed E-state index contributed by atoms with van der Waals surface area (Å²) >= 11 is -1.79. The van der Waals surface area contributed by atoms with E-state index in [9.17, 15) is 28.8 Å². The first-order valence-corrected chi connectivity index (χ1v) is 20.0. The van der Waals surface area contributed by atoms with E-state index in [-0.39, 0.29) is 55.1 Å². The number of hydrogen-bond acceptors (Lipinski definition) is 10. The van der Waals surface area contributed by atoms with Gasteiger partial charge < -0.3 is 45.4 Å². The Morgan fingerprint density at radius 3 is 2.04 bits per heavy atom. The summed E-state index contributed by atoms with van der Waals surface area (Å²) < 4.78 is 15.0. The van der Waals surface area contributed by atoms with Crippen molar-refractivity contribution in [2.24, 2.45) is 0 Å². The van der Waals surface area contributed by atoms with Crippen LogP contribution in [0.15, 0.2) is 60.7 Å². The molecule has 17 heteroatoms. The smallest absolute Gasteiger partial charge is 0.270 e. The number of ether oxygens (including phenoxy) is 2. The largest absolute Gasteiger partial charge is 0.378 e. The van der Waals surface area contributed by atoms with Crippen molar-refractivity contribution in [2.45, 2.75) is 63.9 Å². The van der Waals surface area contributed by atoms with Gasteiger partial charge in [-0.2, -0.15) is 0 Å². The maximum atomic E-state index is 13.9. The molecule has 15 nitrogen and oxygen atoms in total. The second kappa shape index (κ2) is 25.5. The fourth-order valence-electron chi connectivity index (χ4n) is 4.97. The molecule has 0 heterocycles. The monoisotopic (exact) mass is 773 g/mol. The van der Waals surface area contributed by atoms with E-state index in [0.29, 0.717) is 32.1 Å². The molecule has 0 aliphatic rings. The Hall–Kier alpha value is -4.42. The van der Waals surface area contributed by atoms with Gasteiger partial charge in [-0.25, -0.2) is 0 Å². The molecule has 0 aromatic heterocycles. The lowest BCUT2D eigenvalue weighted by atomic mass is 10.0. The van der Waals surface area contributed by atoms with E-state index in [1.807, 2.05) is 36.4 Å². The van der Waals surface area contributed by atoms with Gasteiger partial charge in [0.05, 0.1) is 39.2 Å². The SMILES string of the molecule is CC(=O)N[SH](Cc1ccccc1)C(=O)N([SiH3])[C@@H](CCC(=O)C=N)C(=O)N[C@@H](Cc1ccccc1)C(=O)NCC(=O)NCCOCCOCCNC(C)C. The second-order valence-corrected chi connectivity index (χ2v) is 15.2. The fourth-order valence-corrected chi connectivity index (χ4v) is 7.97. The summed E-state index contributed by atoms with van der Waals surface area (Å²) in [5.74, 6) is -2.45. The standard InChI is InChI=1S/C36H55N7O8SSi/c1-26(2)38-16-18-50-20-21-51-19-17-39-33(46)24-40-34(47)31(22-28-10-6-4-7-11-28)41-35(48)32(15-14-30(45)23-37)43(53)36(49)52(42-27(3)44)25-29-12-8-5-9-13-29/h4-13,23,26,31-32,37-38,52H,14-22,24-25H2,1-3,53H3,(H,39,46)(H,40,47)(H,41,48)(H,42,44)/t31-,32-/m0/s1. The van der Waals surface area contributed by atoms with Crippen molar-refractivity contribution in [3.8, 4) is 0 Å². The Bertz CT molecular complexity index is 1470. The summed E-state index contributed by atoms with van der Waals surface area (Å²) in [6, 6.07) is 16.2. The van der Waals surface area contributed by atoms with Crippen LogP contribution in [0.3, 0.4) is 0 Å². The maximum absolute atomic E-state index is 13.9. The molecule has 53 heavy (non-hydrogen) atoms. The minimum Gasteiger partial charge on any atom is -0.378 e. The predicted molar refractivity (Wildman–Crippen MR) is 210 cm³/mol. The van der Waals surface area contributed by atoms with Crippen molar-refractivity contribution in [3.05, 3.63) is 71.8 Å². The molecule has 0 bridgehead atoms. The number of nitrogens with one attached hydrogen (secondary N) is 6. The molecule has 3 atom stereocenters. The van der Waals surface area contributed by atoms with E-state index in [1.54, 1.807) is 24.3 Å². The molecule has 0 radical (unpaired) electrons. The molecular formula is C36H55N7O8SSi. The molecule has 0 fully saturated rings. The third-order valence-electron chi connectivity index (χ3n) is 7.68. The highest BCUT2D eigenvalue weighted by Crippen LogP contribution is 2.30. The Morgan fingerprint density at radius 1 is 0.849 bits per heavy atom. The number of amides is 5. The highest BCUT2D eigenvalue weighted by atomic mass is 32.2. The molecule has 0 saturated carbocycles. The van der Waals surface area contributed by atoms with Crippen LogP contribution in [0, 0.1) is 5.41 Å². The van der Waals surface area contributed by atoms with Crippen molar-refractivity contribution >= 4 is 62.4 Å². The molecule has 1 unspecified atom stereocenters. The molecule has 2 aromatic carbocycles. The van der Waals surface area contributed by atoms with E-state index in [2.05, 4.69) is 39.8 Å². The van der Waals surface area contributed by atoms with Crippen LogP contribution >= 0.6 is 11.1 Å². The number of thiol groups is 1. The molecule has 0 aliphatic heterocycles. The average molecular weight is 774 g/mol. The number of benzene rings is 2. The molecule has 0 saturated heterocycles. The number of rotatable bonds is 24. The molecular weight excluding hydrogens is 719 g/mol. The first-order chi connectivity index (χ1) is 25.4. The summed E-state index contributed by atoms with van der Waals surface area (Å²) in [6.07, 6.45) is 0.443. The van der Waals surface area contributed by atoms with Crippen LogP contribution in [0.5, 0.6) is 0 Å². The van der Waals surface area contributed by atoms with Crippen LogP contribution in [-0.2, 0) is 45.6 Å². The summed E-state index contributed by atoms with van der Waals surface area (Å²) in [4.78, 5) is 78.0. The Morgan fingerprint density at radius 2 is 1.45 bits per heavy atom. The van der Waals surface area contributed by atoms with Gasteiger partial charge in [-0.05, 0) is 17.5 Å². The number of hydrogen-bond donors (Lipinski definition) is 7. The van der Waals surface area contributed by atoms with E-state index < -0.39 is 57.8 Å². The Kier molecular flexibility index (Phi) is 21.6. The van der Waals surface area contributed by atoms with Gasteiger partial charge in [-0.15, -0.1) is 0 Å². The lowest BCUT2D eigenvalue weighted by Gasteiger charge is -2.33. The van der Waals surface area contributed by atoms with Crippen molar-refractivity contribution in [1.82, 2.24) is 30.6 Å². The van der Waals surface area contributed by atoms with Gasteiger partial charge in [0.1, 0.15) is 22.5 Å². The van der Waals surface area contributed by atoms with Gasteiger partial charge in [-0.3, -0.25) is 28.8 Å². The molecule has 2 aromatic rings. The number of carbonyl (C=O) groups excluding carboxylic acids is 6. The Labute approximate surface area is 317 Å². The number of Topliss-reactive ketones (excluding diaryl/α,β-unsaturated/α-hetero) is 1. The van der Waals surface area contributed by atoms with Gasteiger partial charge in [0, 0.05) is 44.6 Å². The summed E-state index contributed by atoms with van der Waals surface area (Å²) in [7, 11) is 0.0502. The summed E-state index contributed by atoms with van der Waals surface area (Å²) in [5, 5.41) is 18.1. The van der Waals surface area contributed by atoms with Crippen LogP contribution in [0.2, 0.25) is 0 Å². The van der Waals surface area contributed by atoms with E-state index in [0.717, 1.165) is 17.7 Å². The van der Waals surface area contributed by atoms with Crippen LogP contribution in [0.1, 0.15) is 44.7 Å². The first kappa shape index (κ1) is 44.7. The average Bonchev–Trinajstić information content (AvgIpc) is 3.14. The quantitative estimate of drug-likeness (QED) is 0.0339. The summed E-state index contributed by atoms with van der Waals surface area (Å²) in [5.41, 5.74) is 1.56. The van der Waals surface area contributed by atoms with Crippen LogP contribution in [-0.4, -0.2) is 120 Å². The van der Waals surface area contributed by atoms with Gasteiger partial charge in [0.25, 0.3) is 5.24 Å². The molecule has 6 N–H and O–H groups in total. The zero-order valence-corrected chi connectivity index (χ0v) is 33.9. The van der Waals surface area contributed by atoms with Crippen LogP contribution < -0.4 is 26.0 Å². The minimum atomic E-state index is -1.79. The highest BCUT2D eigenvalue weighted by Gasteiger charge is 2.33. The second-order valence-electron chi connectivity index (χ2n) is 12.5. The van der Waals surface area contributed by atoms with Crippen molar-refractivity contribution in [2.75, 3.05) is 46.1 Å². The van der Waals surface area contributed by atoms with E-state index in [4.69, 9.17) is 14.9 Å². The molecule has 5 amide bonds. The van der Waals surface area contributed by atoms with Gasteiger partial charge in [-0.1, -0.05) is 85.6 Å². The zero-order chi connectivity index (χ0) is 39.0. The topological polar surface area (TPSA) is 208 Å². The van der Waals surface area contributed by atoms with Crippen molar-refractivity contribution in [1.29, 1.82) is 5.41 Å². The third kappa shape index (κ3) is 18.8. The number of nitrogens with zero attached hydrogens (tertiary/aromatic N) is 1. The van der Waals surface area contributed by atoms with Crippen LogP contribution in [0.25, 0.3) is 0 Å². The molecule has 292 valence electrons. The lowest BCUT2D eigenvalue weighted by Crippen LogP contribution is -2.56. The maximum Gasteiger partial charge on any atom is 0.270 e.